The minimum absolute atomic E-state index is 0.110. The second kappa shape index (κ2) is 7.34. The maximum atomic E-state index is 13.0. The van der Waals surface area contributed by atoms with Gasteiger partial charge in [0.15, 0.2) is 5.76 Å². The highest BCUT2D eigenvalue weighted by Gasteiger charge is 2.33. The number of benzene rings is 2. The monoisotopic (exact) mass is 423 g/mol. The molecule has 0 saturated carbocycles. The molecule has 0 amide bonds. The van der Waals surface area contributed by atoms with Gasteiger partial charge in [-0.05, 0) is 48.2 Å². The van der Waals surface area contributed by atoms with E-state index in [4.69, 9.17) is 21.1 Å². The highest BCUT2D eigenvalue weighted by Crippen LogP contribution is 2.43. The van der Waals surface area contributed by atoms with Crippen LogP contribution in [0.25, 0.3) is 6.08 Å². The van der Waals surface area contributed by atoms with Gasteiger partial charge >= 0.3 is 0 Å². The number of hydrogen-bond acceptors (Lipinski definition) is 5. The van der Waals surface area contributed by atoms with E-state index in [9.17, 15) is 4.79 Å². The minimum Gasteiger partial charge on any atom is -0.477 e. The molecular formula is C23H18ClNO3S. The molecule has 2 aliphatic heterocycles. The fourth-order valence-electron chi connectivity index (χ4n) is 3.77. The number of carbonyl (C=O) groups is 1. The van der Waals surface area contributed by atoms with Crippen molar-refractivity contribution in [2.45, 2.75) is 20.0 Å². The number of carbonyl (C=O) groups excluding carboxylic acids is 1. The molecular weight excluding hydrogens is 406 g/mol. The van der Waals surface area contributed by atoms with Crippen molar-refractivity contribution in [1.82, 2.24) is 4.90 Å². The van der Waals surface area contributed by atoms with Gasteiger partial charge in [0.1, 0.15) is 18.2 Å². The number of halogens is 1. The third-order valence-electron chi connectivity index (χ3n) is 5.11. The average Bonchev–Trinajstić information content (AvgIpc) is 3.31. The van der Waals surface area contributed by atoms with Crippen LogP contribution in [0.2, 0.25) is 5.02 Å². The van der Waals surface area contributed by atoms with Crippen molar-refractivity contribution >= 4 is 34.8 Å². The molecule has 0 spiro atoms. The van der Waals surface area contributed by atoms with E-state index in [1.54, 1.807) is 29.5 Å². The summed E-state index contributed by atoms with van der Waals surface area (Å²) in [4.78, 5) is 16.5. The Morgan fingerprint density at radius 3 is 2.90 bits per heavy atom. The molecule has 2 aliphatic rings. The van der Waals surface area contributed by atoms with Gasteiger partial charge in [-0.2, -0.15) is 0 Å². The first-order chi connectivity index (χ1) is 14.1. The summed E-state index contributed by atoms with van der Waals surface area (Å²) < 4.78 is 12.0. The topological polar surface area (TPSA) is 38.8 Å². The number of ether oxygens (including phenoxy) is 2. The zero-order valence-corrected chi connectivity index (χ0v) is 17.3. The van der Waals surface area contributed by atoms with Gasteiger partial charge in [-0.1, -0.05) is 29.8 Å². The molecule has 29 heavy (non-hydrogen) atoms. The lowest BCUT2D eigenvalue weighted by atomic mass is 10.00. The highest BCUT2D eigenvalue weighted by molar-refractivity contribution is 7.09. The molecule has 0 atom stereocenters. The summed E-state index contributed by atoms with van der Waals surface area (Å²) in [6, 6.07) is 13.4. The van der Waals surface area contributed by atoms with Crippen molar-refractivity contribution in [3.8, 4) is 11.5 Å². The normalized spacial score (nSPS) is 17.0. The van der Waals surface area contributed by atoms with Crippen LogP contribution in [-0.2, 0) is 13.1 Å². The molecule has 0 fully saturated rings. The molecule has 1 aromatic heterocycles. The van der Waals surface area contributed by atoms with Crippen LogP contribution in [-0.4, -0.2) is 17.4 Å². The number of ketones is 1. The molecule has 0 saturated heterocycles. The summed E-state index contributed by atoms with van der Waals surface area (Å²) in [5.41, 5.74) is 3.31. The van der Waals surface area contributed by atoms with Gasteiger partial charge in [0.25, 0.3) is 0 Å². The first-order valence-electron chi connectivity index (χ1n) is 9.32. The Balaban J connectivity index is 1.45. The fraction of sp³-hybridized carbons (Fsp3) is 0.174. The molecule has 0 bridgehead atoms. The van der Waals surface area contributed by atoms with Gasteiger partial charge in [0.2, 0.25) is 5.78 Å². The summed E-state index contributed by atoms with van der Waals surface area (Å²) in [5, 5.41) is 2.70. The predicted octanol–water partition coefficient (Wildman–Crippen LogP) is 5.68. The first-order valence-corrected chi connectivity index (χ1v) is 10.6. The molecule has 0 N–H and O–H groups in total. The molecule has 0 aliphatic carbocycles. The Morgan fingerprint density at radius 2 is 2.10 bits per heavy atom. The van der Waals surface area contributed by atoms with Crippen LogP contribution in [0.4, 0.5) is 0 Å². The van der Waals surface area contributed by atoms with E-state index in [0.717, 1.165) is 35.5 Å². The smallest absolute Gasteiger partial charge is 0.231 e. The molecule has 2 aromatic carbocycles. The molecule has 3 aromatic rings. The second-order valence-electron chi connectivity index (χ2n) is 7.20. The summed E-state index contributed by atoms with van der Waals surface area (Å²) in [5.74, 6) is 1.61. The van der Waals surface area contributed by atoms with Gasteiger partial charge in [-0.15, -0.1) is 11.3 Å². The van der Waals surface area contributed by atoms with Crippen molar-refractivity contribution in [3.63, 3.8) is 0 Å². The van der Waals surface area contributed by atoms with E-state index in [2.05, 4.69) is 22.4 Å². The van der Waals surface area contributed by atoms with E-state index >= 15 is 0 Å². The van der Waals surface area contributed by atoms with E-state index in [0.29, 0.717) is 28.8 Å². The van der Waals surface area contributed by atoms with E-state index in [1.807, 2.05) is 25.1 Å². The van der Waals surface area contributed by atoms with Crippen molar-refractivity contribution in [1.29, 1.82) is 0 Å². The summed E-state index contributed by atoms with van der Waals surface area (Å²) in [6.45, 7) is 4.03. The number of nitrogens with zero attached hydrogens (tertiary/aromatic N) is 1. The zero-order chi connectivity index (χ0) is 20.0. The largest absolute Gasteiger partial charge is 0.477 e. The SMILES string of the molecule is Cc1c2c(cc3c1O/C(=C\c1cccc(Cl)c1)C3=O)CN(Cc1cccs1)CO2. The Morgan fingerprint density at radius 1 is 1.21 bits per heavy atom. The number of thiophene rings is 1. The van der Waals surface area contributed by atoms with Gasteiger partial charge < -0.3 is 9.47 Å². The number of allylic oxidation sites excluding steroid dienone is 1. The Labute approximate surface area is 177 Å². The number of rotatable bonds is 3. The van der Waals surface area contributed by atoms with Gasteiger partial charge in [0, 0.05) is 34.1 Å². The van der Waals surface area contributed by atoms with Crippen molar-refractivity contribution in [2.75, 3.05) is 6.73 Å². The maximum Gasteiger partial charge on any atom is 0.231 e. The lowest BCUT2D eigenvalue weighted by Gasteiger charge is -2.30. The highest BCUT2D eigenvalue weighted by atomic mass is 35.5. The van der Waals surface area contributed by atoms with Crippen LogP contribution in [0.15, 0.2) is 53.6 Å². The molecule has 6 heteroatoms. The fourth-order valence-corrected chi connectivity index (χ4v) is 4.71. The van der Waals surface area contributed by atoms with Crippen LogP contribution in [0.3, 0.4) is 0 Å². The summed E-state index contributed by atoms with van der Waals surface area (Å²) in [6.07, 6.45) is 1.73. The summed E-state index contributed by atoms with van der Waals surface area (Å²) >= 11 is 7.79. The standard InChI is InChI=1S/C23H18ClNO3S/c1-14-22-16(11-25(13-27-22)12-18-6-3-7-29-18)10-19-21(26)20(28-23(14)19)9-15-4-2-5-17(24)8-15/h2-10H,11-13H2,1H3/b20-9-. The van der Waals surface area contributed by atoms with Crippen LogP contribution >= 0.6 is 22.9 Å². The quantitative estimate of drug-likeness (QED) is 0.508. The molecule has 0 unspecified atom stereocenters. The third kappa shape index (κ3) is 3.46. The van der Waals surface area contributed by atoms with Crippen LogP contribution in [0.1, 0.15) is 31.9 Å². The number of fused-ring (bicyclic) bond motifs is 2. The first kappa shape index (κ1) is 18.4. The Hall–Kier alpha value is -2.60. The maximum absolute atomic E-state index is 13.0. The average molecular weight is 424 g/mol. The molecule has 5 rings (SSSR count). The van der Waals surface area contributed by atoms with Crippen LogP contribution in [0, 0.1) is 6.92 Å². The zero-order valence-electron chi connectivity index (χ0n) is 15.8. The molecule has 146 valence electrons. The molecule has 4 nitrogen and oxygen atoms in total. The molecule has 3 heterocycles. The van der Waals surface area contributed by atoms with Gasteiger partial charge in [-0.3, -0.25) is 9.69 Å². The van der Waals surface area contributed by atoms with Crippen molar-refractivity contribution < 1.29 is 14.3 Å². The van der Waals surface area contributed by atoms with E-state index in [-0.39, 0.29) is 5.78 Å². The van der Waals surface area contributed by atoms with Gasteiger partial charge in [-0.25, -0.2) is 0 Å². The third-order valence-corrected chi connectivity index (χ3v) is 6.20. The second-order valence-corrected chi connectivity index (χ2v) is 8.67. The van der Waals surface area contributed by atoms with Crippen LogP contribution in [0.5, 0.6) is 11.5 Å². The predicted molar refractivity (Wildman–Crippen MR) is 115 cm³/mol. The van der Waals surface area contributed by atoms with Crippen LogP contribution < -0.4 is 9.47 Å². The Kier molecular flexibility index (Phi) is 4.66. The van der Waals surface area contributed by atoms with Crippen molar-refractivity contribution in [2.24, 2.45) is 0 Å². The van der Waals surface area contributed by atoms with E-state index in [1.165, 1.54) is 4.88 Å². The Bertz CT molecular complexity index is 1140. The lowest BCUT2D eigenvalue weighted by Crippen LogP contribution is -2.31. The molecule has 0 radical (unpaired) electrons. The minimum atomic E-state index is -0.110. The van der Waals surface area contributed by atoms with Gasteiger partial charge in [0.05, 0.1) is 5.56 Å². The lowest BCUT2D eigenvalue weighted by molar-refractivity contribution is 0.0886. The number of Topliss-reactive ketones (excluding diaryl/α,β-unsaturated/α-hetero) is 1. The van der Waals surface area contributed by atoms with E-state index < -0.39 is 0 Å². The number of hydrogen-bond donors (Lipinski definition) is 0. The van der Waals surface area contributed by atoms with Crippen molar-refractivity contribution in [3.05, 3.63) is 85.8 Å². The summed E-state index contributed by atoms with van der Waals surface area (Å²) in [7, 11) is 0.